The Kier molecular flexibility index (Phi) is 7.26. The second kappa shape index (κ2) is 12.9. The zero-order valence-corrected chi connectivity index (χ0v) is 31.6. The first-order chi connectivity index (χ1) is 28.8. The van der Waals surface area contributed by atoms with E-state index in [1.54, 1.807) is 0 Å². The van der Waals surface area contributed by atoms with Crippen molar-refractivity contribution in [2.45, 2.75) is 0 Å². The maximum absolute atomic E-state index is 6.94. The van der Waals surface area contributed by atoms with E-state index in [-0.39, 0.29) is 0 Å². The van der Waals surface area contributed by atoms with Crippen LogP contribution in [-0.2, 0) is 0 Å². The number of para-hydroxylation sites is 1. The molecule has 0 amide bonds. The van der Waals surface area contributed by atoms with Gasteiger partial charge in [-0.05, 0) is 119 Å². The standard InChI is InChI=1S/C56H35NO/c1-6-17-45-36(12-1)28-33-51-50-22-11-23-54(56(50)58-55(45)51)57(41-29-24-37(25-30-41)52-34-39-13-2-4-15-43(39)46-18-7-9-20-48(46)52)42-31-26-38(27-32-42)53-35-40-14-3-5-16-44(40)47-19-8-10-21-49(47)53/h1-35H. The minimum absolute atomic E-state index is 0.864. The summed E-state index contributed by atoms with van der Waals surface area (Å²) in [4.78, 5) is 2.34. The molecular formula is C56H35NO. The van der Waals surface area contributed by atoms with E-state index in [1.807, 2.05) is 0 Å². The van der Waals surface area contributed by atoms with Gasteiger partial charge in [-0.15, -0.1) is 0 Å². The Morgan fingerprint density at radius 2 is 0.707 bits per heavy atom. The molecule has 0 bridgehead atoms. The maximum Gasteiger partial charge on any atom is 0.159 e. The number of anilines is 3. The third-order valence-corrected chi connectivity index (χ3v) is 12.0. The first-order valence-electron chi connectivity index (χ1n) is 19.9. The van der Waals surface area contributed by atoms with Crippen LogP contribution in [0.5, 0.6) is 0 Å². The molecule has 0 N–H and O–H groups in total. The monoisotopic (exact) mass is 737 g/mol. The number of hydrogen-bond acceptors (Lipinski definition) is 2. The highest BCUT2D eigenvalue weighted by molar-refractivity contribution is 6.18. The lowest BCUT2D eigenvalue weighted by Gasteiger charge is -2.26. The molecule has 1 heterocycles. The Labute approximate surface area is 335 Å². The highest BCUT2D eigenvalue weighted by atomic mass is 16.3. The van der Waals surface area contributed by atoms with Crippen LogP contribution < -0.4 is 4.90 Å². The topological polar surface area (TPSA) is 16.4 Å². The van der Waals surface area contributed by atoms with Crippen molar-refractivity contribution in [3.8, 4) is 22.3 Å². The van der Waals surface area contributed by atoms with Crippen LogP contribution in [0.1, 0.15) is 0 Å². The second-order valence-electron chi connectivity index (χ2n) is 15.2. The van der Waals surface area contributed by atoms with Crippen LogP contribution in [0.15, 0.2) is 217 Å². The molecule has 0 aliphatic carbocycles. The van der Waals surface area contributed by atoms with Crippen molar-refractivity contribution in [2.24, 2.45) is 0 Å². The van der Waals surface area contributed by atoms with E-state index < -0.39 is 0 Å². The molecule has 0 aliphatic heterocycles. The largest absolute Gasteiger partial charge is 0.453 e. The Bertz CT molecular complexity index is 3400. The van der Waals surface area contributed by atoms with Gasteiger partial charge in [0.1, 0.15) is 5.58 Å². The number of nitrogens with zero attached hydrogens (tertiary/aromatic N) is 1. The number of fused-ring (bicyclic) bond motifs is 11. The quantitative estimate of drug-likeness (QED) is 0.164. The summed E-state index contributed by atoms with van der Waals surface area (Å²) >= 11 is 0. The summed E-state index contributed by atoms with van der Waals surface area (Å²) in [5, 5.41) is 14.6. The molecule has 0 atom stereocenters. The van der Waals surface area contributed by atoms with Gasteiger partial charge in [-0.25, -0.2) is 0 Å². The van der Waals surface area contributed by atoms with Gasteiger partial charge in [0.05, 0.1) is 5.69 Å². The van der Waals surface area contributed by atoms with Crippen molar-refractivity contribution in [3.63, 3.8) is 0 Å². The third kappa shape index (κ3) is 5.05. The van der Waals surface area contributed by atoms with Gasteiger partial charge in [-0.1, -0.05) is 164 Å². The Morgan fingerprint density at radius 1 is 0.276 bits per heavy atom. The summed E-state index contributed by atoms with van der Waals surface area (Å²) in [6.07, 6.45) is 0. The molecule has 0 radical (unpaired) electrons. The van der Waals surface area contributed by atoms with E-state index in [1.165, 1.54) is 70.7 Å². The van der Waals surface area contributed by atoms with Gasteiger partial charge in [0.2, 0.25) is 0 Å². The molecule has 0 fully saturated rings. The molecule has 12 rings (SSSR count). The molecule has 1 aromatic heterocycles. The molecule has 2 heteroatoms. The summed E-state index contributed by atoms with van der Waals surface area (Å²) in [5.74, 6) is 0. The molecule has 12 aromatic rings. The minimum atomic E-state index is 0.864. The van der Waals surface area contributed by atoms with Crippen LogP contribution in [0.25, 0.3) is 98.1 Å². The SMILES string of the molecule is c1ccc2c(c1)cc(-c1ccc(N(c3ccc(-c4cc5ccccc5c5ccccc45)cc3)c3cccc4c3oc3c5ccccc5ccc43)cc1)c1ccccc12. The Hall–Kier alpha value is -7.68. The number of hydrogen-bond donors (Lipinski definition) is 0. The highest BCUT2D eigenvalue weighted by Gasteiger charge is 2.21. The molecule has 0 saturated heterocycles. The van der Waals surface area contributed by atoms with Gasteiger partial charge >= 0.3 is 0 Å². The highest BCUT2D eigenvalue weighted by Crippen LogP contribution is 2.45. The molecule has 11 aromatic carbocycles. The van der Waals surface area contributed by atoms with Crippen molar-refractivity contribution in [3.05, 3.63) is 212 Å². The van der Waals surface area contributed by atoms with Crippen LogP contribution in [0, 0.1) is 0 Å². The summed E-state index contributed by atoms with van der Waals surface area (Å²) in [6, 6.07) is 77.0. The fourth-order valence-corrected chi connectivity index (χ4v) is 9.28. The zero-order chi connectivity index (χ0) is 38.2. The number of rotatable bonds is 5. The second-order valence-corrected chi connectivity index (χ2v) is 15.2. The van der Waals surface area contributed by atoms with Gasteiger partial charge < -0.3 is 9.32 Å². The van der Waals surface area contributed by atoms with Crippen molar-refractivity contribution in [1.29, 1.82) is 0 Å². The predicted molar refractivity (Wildman–Crippen MR) is 247 cm³/mol. The van der Waals surface area contributed by atoms with E-state index >= 15 is 0 Å². The van der Waals surface area contributed by atoms with E-state index in [4.69, 9.17) is 4.42 Å². The summed E-state index contributed by atoms with van der Waals surface area (Å²) in [7, 11) is 0. The molecule has 0 spiro atoms. The van der Waals surface area contributed by atoms with E-state index in [0.717, 1.165) is 44.4 Å². The van der Waals surface area contributed by atoms with Gasteiger partial charge in [-0.2, -0.15) is 0 Å². The predicted octanol–water partition coefficient (Wildman–Crippen LogP) is 16.2. The van der Waals surface area contributed by atoms with Crippen LogP contribution in [0.2, 0.25) is 0 Å². The smallest absolute Gasteiger partial charge is 0.159 e. The molecule has 2 nitrogen and oxygen atoms in total. The minimum Gasteiger partial charge on any atom is -0.453 e. The Balaban J connectivity index is 1.04. The first-order valence-corrected chi connectivity index (χ1v) is 19.9. The lowest BCUT2D eigenvalue weighted by molar-refractivity contribution is 0.673. The van der Waals surface area contributed by atoms with E-state index in [9.17, 15) is 0 Å². The van der Waals surface area contributed by atoms with Gasteiger partial charge in [0.15, 0.2) is 5.58 Å². The van der Waals surface area contributed by atoms with Gasteiger partial charge in [-0.3, -0.25) is 0 Å². The van der Waals surface area contributed by atoms with Crippen molar-refractivity contribution < 1.29 is 4.42 Å². The van der Waals surface area contributed by atoms with E-state index in [2.05, 4.69) is 217 Å². The normalized spacial score (nSPS) is 11.8. The maximum atomic E-state index is 6.94. The van der Waals surface area contributed by atoms with Gasteiger partial charge in [0, 0.05) is 27.5 Å². The first kappa shape index (κ1) is 32.6. The average molecular weight is 738 g/mol. The summed E-state index contributed by atoms with van der Waals surface area (Å²) in [6.45, 7) is 0. The van der Waals surface area contributed by atoms with E-state index in [0.29, 0.717) is 0 Å². The van der Waals surface area contributed by atoms with Crippen molar-refractivity contribution >= 4 is 92.9 Å². The molecule has 0 saturated carbocycles. The van der Waals surface area contributed by atoms with Crippen LogP contribution in [-0.4, -0.2) is 0 Å². The Morgan fingerprint density at radius 3 is 1.26 bits per heavy atom. The van der Waals surface area contributed by atoms with Gasteiger partial charge in [0.25, 0.3) is 0 Å². The summed E-state index contributed by atoms with van der Waals surface area (Å²) in [5.41, 5.74) is 9.68. The fraction of sp³-hybridized carbons (Fsp3) is 0. The van der Waals surface area contributed by atoms with Crippen molar-refractivity contribution in [2.75, 3.05) is 4.90 Å². The zero-order valence-electron chi connectivity index (χ0n) is 31.6. The molecular weight excluding hydrogens is 703 g/mol. The van der Waals surface area contributed by atoms with Crippen LogP contribution in [0.4, 0.5) is 17.1 Å². The molecule has 0 unspecified atom stereocenters. The molecule has 58 heavy (non-hydrogen) atoms. The summed E-state index contributed by atoms with van der Waals surface area (Å²) < 4.78 is 6.94. The fourth-order valence-electron chi connectivity index (χ4n) is 9.28. The average Bonchev–Trinajstić information content (AvgIpc) is 3.69. The lowest BCUT2D eigenvalue weighted by Crippen LogP contribution is -2.10. The molecule has 0 aliphatic rings. The number of furan rings is 1. The van der Waals surface area contributed by atoms with Crippen LogP contribution in [0.3, 0.4) is 0 Å². The third-order valence-electron chi connectivity index (χ3n) is 12.0. The molecule has 270 valence electrons. The number of benzene rings is 11. The lowest BCUT2D eigenvalue weighted by atomic mass is 9.93. The van der Waals surface area contributed by atoms with Crippen LogP contribution >= 0.6 is 0 Å². The van der Waals surface area contributed by atoms with Crippen molar-refractivity contribution in [1.82, 2.24) is 0 Å².